The molecule has 1 saturated heterocycles. The zero-order valence-corrected chi connectivity index (χ0v) is 16.4. The second-order valence-corrected chi connectivity index (χ2v) is 7.49. The molecule has 0 saturated carbocycles. The summed E-state index contributed by atoms with van der Waals surface area (Å²) in [5.41, 5.74) is 5.08. The monoisotopic (exact) mass is 382 g/mol. The van der Waals surface area contributed by atoms with Crippen LogP contribution in [0.15, 0.2) is 42.6 Å². The average molecular weight is 383 g/mol. The van der Waals surface area contributed by atoms with Gasteiger partial charge < -0.3 is 14.2 Å². The number of aromatic nitrogens is 2. The van der Waals surface area contributed by atoms with Crippen molar-refractivity contribution in [2.45, 2.75) is 20.3 Å². The van der Waals surface area contributed by atoms with Crippen LogP contribution < -0.4 is 4.90 Å². The molecule has 0 N–H and O–H groups in total. The molecule has 1 amide bonds. The maximum absolute atomic E-state index is 12.9. The number of carbonyl (C=O) groups is 1. The number of imidazole rings is 1. The maximum atomic E-state index is 12.9. The lowest BCUT2D eigenvalue weighted by atomic mass is 10.2. The molecule has 2 aromatic heterocycles. The Morgan fingerprint density at radius 3 is 2.63 bits per heavy atom. The number of carbonyl (C=O) groups excluding carboxylic acids is 1. The van der Waals surface area contributed by atoms with Gasteiger partial charge in [-0.15, -0.1) is 0 Å². The van der Waals surface area contributed by atoms with Crippen molar-refractivity contribution in [1.82, 2.24) is 14.3 Å². The number of fused-ring (bicyclic) bond motifs is 1. The summed E-state index contributed by atoms with van der Waals surface area (Å²) in [6.45, 7) is 7.10. The summed E-state index contributed by atoms with van der Waals surface area (Å²) in [4.78, 5) is 21.8. The van der Waals surface area contributed by atoms with Crippen LogP contribution in [0.25, 0.3) is 5.65 Å². The van der Waals surface area contributed by atoms with E-state index in [1.165, 1.54) is 0 Å². The zero-order valence-electron chi connectivity index (χ0n) is 15.7. The number of hydrogen-bond acceptors (Lipinski definition) is 3. The highest BCUT2D eigenvalue weighted by Gasteiger charge is 2.23. The Bertz CT molecular complexity index is 989. The summed E-state index contributed by atoms with van der Waals surface area (Å²) in [6, 6.07) is 11.9. The molecule has 4 rings (SSSR count). The molecule has 1 aromatic carbocycles. The molecule has 6 heteroatoms. The van der Waals surface area contributed by atoms with E-state index in [0.717, 1.165) is 59.5 Å². The van der Waals surface area contributed by atoms with Crippen LogP contribution in [0.5, 0.6) is 0 Å². The van der Waals surface area contributed by atoms with Gasteiger partial charge in [0, 0.05) is 43.1 Å². The van der Waals surface area contributed by atoms with Gasteiger partial charge in [0.05, 0.1) is 17.8 Å². The normalized spacial score (nSPS) is 14.8. The summed E-state index contributed by atoms with van der Waals surface area (Å²) in [5, 5.41) is 0.740. The minimum atomic E-state index is 0.159. The SMILES string of the molecule is Cc1nc2c(C)cccn2c1CC(=O)N1CCN(c2cccc(Cl)c2)CC1. The molecule has 3 heterocycles. The maximum Gasteiger partial charge on any atom is 0.228 e. The molecule has 3 aromatic rings. The van der Waals surface area contributed by atoms with Gasteiger partial charge in [-0.2, -0.15) is 0 Å². The summed E-state index contributed by atoms with van der Waals surface area (Å²) in [6.07, 6.45) is 2.37. The molecule has 0 spiro atoms. The van der Waals surface area contributed by atoms with Crippen molar-refractivity contribution in [1.29, 1.82) is 0 Å². The van der Waals surface area contributed by atoms with Crippen molar-refractivity contribution < 1.29 is 4.79 Å². The second-order valence-electron chi connectivity index (χ2n) is 7.05. The number of benzene rings is 1. The van der Waals surface area contributed by atoms with E-state index in [2.05, 4.69) is 16.0 Å². The summed E-state index contributed by atoms with van der Waals surface area (Å²) in [5.74, 6) is 0.159. The van der Waals surface area contributed by atoms with Crippen molar-refractivity contribution in [2.24, 2.45) is 0 Å². The number of nitrogens with zero attached hydrogens (tertiary/aromatic N) is 4. The van der Waals surface area contributed by atoms with Crippen LogP contribution in [0.1, 0.15) is 17.0 Å². The number of amides is 1. The molecule has 0 atom stereocenters. The lowest BCUT2D eigenvalue weighted by Gasteiger charge is -2.36. The molecule has 1 aliphatic heterocycles. The topological polar surface area (TPSA) is 40.9 Å². The number of aryl methyl sites for hydroxylation is 2. The first-order valence-electron chi connectivity index (χ1n) is 9.24. The van der Waals surface area contributed by atoms with E-state index < -0.39 is 0 Å². The van der Waals surface area contributed by atoms with E-state index in [0.29, 0.717) is 6.42 Å². The molecule has 5 nitrogen and oxygen atoms in total. The summed E-state index contributed by atoms with van der Waals surface area (Å²) < 4.78 is 2.05. The minimum Gasteiger partial charge on any atom is -0.368 e. The van der Waals surface area contributed by atoms with Crippen molar-refractivity contribution in [2.75, 3.05) is 31.1 Å². The smallest absolute Gasteiger partial charge is 0.228 e. The van der Waals surface area contributed by atoms with Gasteiger partial charge in [0.15, 0.2) is 0 Å². The van der Waals surface area contributed by atoms with E-state index in [-0.39, 0.29) is 5.91 Å². The van der Waals surface area contributed by atoms with Gasteiger partial charge in [0.1, 0.15) is 5.65 Å². The number of hydrogen-bond donors (Lipinski definition) is 0. The van der Waals surface area contributed by atoms with Crippen LogP contribution in [0.2, 0.25) is 5.02 Å². The van der Waals surface area contributed by atoms with Gasteiger partial charge in [-0.1, -0.05) is 23.7 Å². The first-order valence-corrected chi connectivity index (χ1v) is 9.62. The Labute approximate surface area is 164 Å². The highest BCUT2D eigenvalue weighted by Crippen LogP contribution is 2.21. The standard InChI is InChI=1S/C21H23ClN4O/c1-15-5-4-8-26-19(16(2)23-21(15)26)14-20(27)25-11-9-24(10-12-25)18-7-3-6-17(22)13-18/h3-8,13H,9-12,14H2,1-2H3. The van der Waals surface area contributed by atoms with Gasteiger partial charge in [-0.25, -0.2) is 4.98 Å². The lowest BCUT2D eigenvalue weighted by molar-refractivity contribution is -0.130. The fourth-order valence-electron chi connectivity index (χ4n) is 3.72. The number of pyridine rings is 1. The highest BCUT2D eigenvalue weighted by atomic mass is 35.5. The predicted octanol–water partition coefficient (Wildman–Crippen LogP) is 3.50. The third-order valence-corrected chi connectivity index (χ3v) is 5.50. The Hall–Kier alpha value is -2.53. The van der Waals surface area contributed by atoms with Crippen LogP contribution in [0.3, 0.4) is 0 Å². The van der Waals surface area contributed by atoms with Crippen molar-refractivity contribution in [3.8, 4) is 0 Å². The number of rotatable bonds is 3. The van der Waals surface area contributed by atoms with E-state index in [4.69, 9.17) is 11.6 Å². The minimum absolute atomic E-state index is 0.159. The van der Waals surface area contributed by atoms with Gasteiger partial charge in [0.2, 0.25) is 5.91 Å². The largest absolute Gasteiger partial charge is 0.368 e. The highest BCUT2D eigenvalue weighted by molar-refractivity contribution is 6.30. The Kier molecular flexibility index (Phi) is 4.79. The first kappa shape index (κ1) is 17.9. The van der Waals surface area contributed by atoms with Gasteiger partial charge in [0.25, 0.3) is 0 Å². The lowest BCUT2D eigenvalue weighted by Crippen LogP contribution is -2.49. The second kappa shape index (κ2) is 7.24. The number of anilines is 1. The molecule has 0 aliphatic carbocycles. The van der Waals surface area contributed by atoms with Crippen molar-refractivity contribution >= 4 is 28.8 Å². The quantitative estimate of drug-likeness (QED) is 0.696. The molecule has 0 bridgehead atoms. The third kappa shape index (κ3) is 3.52. The van der Waals surface area contributed by atoms with Crippen LogP contribution in [-0.2, 0) is 11.2 Å². The van der Waals surface area contributed by atoms with Crippen molar-refractivity contribution in [3.63, 3.8) is 0 Å². The van der Waals surface area contributed by atoms with Gasteiger partial charge >= 0.3 is 0 Å². The molecule has 0 radical (unpaired) electrons. The molecular formula is C21H23ClN4O. The van der Waals surface area contributed by atoms with E-state index in [1.807, 2.05) is 59.7 Å². The summed E-state index contributed by atoms with van der Waals surface area (Å²) >= 11 is 6.10. The third-order valence-electron chi connectivity index (χ3n) is 5.27. The van der Waals surface area contributed by atoms with Gasteiger partial charge in [-0.05, 0) is 43.7 Å². The molecular weight excluding hydrogens is 360 g/mol. The van der Waals surface area contributed by atoms with Crippen LogP contribution in [0, 0.1) is 13.8 Å². The Morgan fingerprint density at radius 1 is 1.11 bits per heavy atom. The molecule has 140 valence electrons. The Balaban J connectivity index is 1.45. The molecule has 0 unspecified atom stereocenters. The molecule has 27 heavy (non-hydrogen) atoms. The molecule has 1 aliphatic rings. The fourth-order valence-corrected chi connectivity index (χ4v) is 3.91. The first-order chi connectivity index (χ1) is 13.0. The number of piperazine rings is 1. The molecule has 1 fully saturated rings. The van der Waals surface area contributed by atoms with Gasteiger partial charge in [-0.3, -0.25) is 4.79 Å². The van der Waals surface area contributed by atoms with Crippen LogP contribution in [-0.4, -0.2) is 46.4 Å². The zero-order chi connectivity index (χ0) is 19.0. The van der Waals surface area contributed by atoms with E-state index >= 15 is 0 Å². The van der Waals surface area contributed by atoms with Crippen LogP contribution >= 0.6 is 11.6 Å². The van der Waals surface area contributed by atoms with Crippen molar-refractivity contribution in [3.05, 3.63) is 64.6 Å². The van der Waals surface area contributed by atoms with E-state index in [9.17, 15) is 4.79 Å². The van der Waals surface area contributed by atoms with E-state index in [1.54, 1.807) is 0 Å². The van der Waals surface area contributed by atoms with Crippen LogP contribution in [0.4, 0.5) is 5.69 Å². The predicted molar refractivity (Wildman–Crippen MR) is 109 cm³/mol. The Morgan fingerprint density at radius 2 is 1.89 bits per heavy atom. The summed E-state index contributed by atoms with van der Waals surface area (Å²) in [7, 11) is 0. The average Bonchev–Trinajstić information content (AvgIpc) is 2.99. The fraction of sp³-hybridized carbons (Fsp3) is 0.333. The number of halogens is 1.